The summed E-state index contributed by atoms with van der Waals surface area (Å²) in [6, 6.07) is 13.6. The molecule has 1 fully saturated rings. The summed E-state index contributed by atoms with van der Waals surface area (Å²) < 4.78 is 18.2. The standard InChI is InChI=1S/C19H17FN4O2/c20-16-5-7-17(8-6-16)23-9-11-24(12-10-23)19(25)15-3-1-14(2-4-15)18-22-21-13-26-18/h1-8,13H,9-12H2. The molecule has 0 N–H and O–H groups in total. The van der Waals surface area contributed by atoms with E-state index in [1.54, 1.807) is 36.4 Å². The van der Waals surface area contributed by atoms with Gasteiger partial charge in [0, 0.05) is 43.0 Å². The molecule has 7 heteroatoms. The quantitative estimate of drug-likeness (QED) is 0.725. The number of aromatic nitrogens is 2. The molecule has 1 aromatic heterocycles. The molecule has 1 amide bonds. The third kappa shape index (κ3) is 3.28. The van der Waals surface area contributed by atoms with Gasteiger partial charge in [-0.05, 0) is 48.5 Å². The summed E-state index contributed by atoms with van der Waals surface area (Å²) in [6.07, 6.45) is 1.27. The minimum atomic E-state index is -0.244. The Morgan fingerprint density at radius 1 is 0.962 bits per heavy atom. The summed E-state index contributed by atoms with van der Waals surface area (Å²) >= 11 is 0. The van der Waals surface area contributed by atoms with Crippen LogP contribution in [0.2, 0.25) is 0 Å². The van der Waals surface area contributed by atoms with E-state index in [1.165, 1.54) is 18.5 Å². The first-order valence-corrected chi connectivity index (χ1v) is 8.37. The van der Waals surface area contributed by atoms with E-state index < -0.39 is 0 Å². The van der Waals surface area contributed by atoms with Crippen molar-refractivity contribution in [2.45, 2.75) is 0 Å². The molecule has 2 heterocycles. The number of hydrogen-bond donors (Lipinski definition) is 0. The predicted molar refractivity (Wildman–Crippen MR) is 94.3 cm³/mol. The third-order valence-electron chi connectivity index (χ3n) is 4.50. The Morgan fingerprint density at radius 3 is 2.27 bits per heavy atom. The molecule has 0 atom stereocenters. The fraction of sp³-hybridized carbons (Fsp3) is 0.211. The highest BCUT2D eigenvalue weighted by Gasteiger charge is 2.22. The second-order valence-corrected chi connectivity index (χ2v) is 6.08. The van der Waals surface area contributed by atoms with Gasteiger partial charge in [0.15, 0.2) is 0 Å². The Hall–Kier alpha value is -3.22. The monoisotopic (exact) mass is 352 g/mol. The van der Waals surface area contributed by atoms with Crippen LogP contribution in [0.15, 0.2) is 59.3 Å². The molecule has 2 aromatic carbocycles. The Morgan fingerprint density at radius 2 is 1.65 bits per heavy atom. The van der Waals surface area contributed by atoms with E-state index in [9.17, 15) is 9.18 Å². The van der Waals surface area contributed by atoms with Crippen molar-refractivity contribution in [3.63, 3.8) is 0 Å². The lowest BCUT2D eigenvalue weighted by Gasteiger charge is -2.36. The molecule has 26 heavy (non-hydrogen) atoms. The van der Waals surface area contributed by atoms with Crippen molar-refractivity contribution in [1.82, 2.24) is 15.1 Å². The summed E-state index contributed by atoms with van der Waals surface area (Å²) in [5.41, 5.74) is 2.38. The molecule has 0 unspecified atom stereocenters. The first-order chi connectivity index (χ1) is 12.7. The van der Waals surface area contributed by atoms with E-state index in [4.69, 9.17) is 4.42 Å². The van der Waals surface area contributed by atoms with Crippen LogP contribution in [-0.4, -0.2) is 47.2 Å². The fourth-order valence-electron chi connectivity index (χ4n) is 3.06. The van der Waals surface area contributed by atoms with Gasteiger partial charge in [-0.25, -0.2) is 4.39 Å². The fourth-order valence-corrected chi connectivity index (χ4v) is 3.06. The van der Waals surface area contributed by atoms with Gasteiger partial charge in [-0.3, -0.25) is 4.79 Å². The van der Waals surface area contributed by atoms with Crippen molar-refractivity contribution in [2.24, 2.45) is 0 Å². The second kappa shape index (κ2) is 6.95. The number of carbonyl (C=O) groups excluding carboxylic acids is 1. The number of carbonyl (C=O) groups is 1. The molecule has 1 aliphatic heterocycles. The van der Waals surface area contributed by atoms with Gasteiger partial charge in [-0.2, -0.15) is 0 Å². The molecular formula is C19H17FN4O2. The van der Waals surface area contributed by atoms with Gasteiger partial charge >= 0.3 is 0 Å². The van der Waals surface area contributed by atoms with Crippen molar-refractivity contribution in [2.75, 3.05) is 31.1 Å². The van der Waals surface area contributed by atoms with Crippen molar-refractivity contribution in [3.05, 3.63) is 66.3 Å². The highest BCUT2D eigenvalue weighted by molar-refractivity contribution is 5.94. The lowest BCUT2D eigenvalue weighted by Crippen LogP contribution is -2.48. The van der Waals surface area contributed by atoms with E-state index in [0.29, 0.717) is 24.5 Å². The van der Waals surface area contributed by atoms with Crippen LogP contribution < -0.4 is 4.90 Å². The first kappa shape index (κ1) is 16.3. The number of benzene rings is 2. The summed E-state index contributed by atoms with van der Waals surface area (Å²) in [5, 5.41) is 7.50. The normalized spacial score (nSPS) is 14.5. The van der Waals surface area contributed by atoms with Crippen LogP contribution in [0, 0.1) is 5.82 Å². The molecule has 0 radical (unpaired) electrons. The summed E-state index contributed by atoms with van der Waals surface area (Å²) in [4.78, 5) is 16.7. The van der Waals surface area contributed by atoms with Crippen molar-refractivity contribution in [3.8, 4) is 11.5 Å². The lowest BCUT2D eigenvalue weighted by atomic mass is 10.1. The highest BCUT2D eigenvalue weighted by Crippen LogP contribution is 2.20. The number of hydrogen-bond acceptors (Lipinski definition) is 5. The molecule has 4 rings (SSSR count). The van der Waals surface area contributed by atoms with Gasteiger partial charge in [-0.1, -0.05) is 0 Å². The average Bonchev–Trinajstić information content (AvgIpc) is 3.23. The van der Waals surface area contributed by atoms with E-state index in [2.05, 4.69) is 15.1 Å². The van der Waals surface area contributed by atoms with E-state index in [1.807, 2.05) is 4.90 Å². The Bertz CT molecular complexity index is 871. The number of halogens is 1. The maximum absolute atomic E-state index is 13.0. The molecule has 1 saturated heterocycles. The minimum Gasteiger partial charge on any atom is -0.423 e. The van der Waals surface area contributed by atoms with Crippen LogP contribution in [0.25, 0.3) is 11.5 Å². The Labute approximate surface area is 149 Å². The molecule has 1 aliphatic rings. The van der Waals surface area contributed by atoms with Crippen LogP contribution in [0.1, 0.15) is 10.4 Å². The number of nitrogens with zero attached hydrogens (tertiary/aromatic N) is 4. The molecule has 0 saturated carbocycles. The van der Waals surface area contributed by atoms with E-state index in [0.717, 1.165) is 24.3 Å². The van der Waals surface area contributed by atoms with Gasteiger partial charge in [0.05, 0.1) is 0 Å². The van der Waals surface area contributed by atoms with Crippen LogP contribution in [-0.2, 0) is 0 Å². The zero-order chi connectivity index (χ0) is 17.9. The zero-order valence-corrected chi connectivity index (χ0v) is 14.0. The topological polar surface area (TPSA) is 62.5 Å². The molecular weight excluding hydrogens is 335 g/mol. The van der Waals surface area contributed by atoms with Crippen LogP contribution >= 0.6 is 0 Å². The van der Waals surface area contributed by atoms with Gasteiger partial charge < -0.3 is 14.2 Å². The van der Waals surface area contributed by atoms with Crippen molar-refractivity contribution < 1.29 is 13.6 Å². The number of piperazine rings is 1. The maximum Gasteiger partial charge on any atom is 0.253 e. The molecule has 6 nitrogen and oxygen atoms in total. The smallest absolute Gasteiger partial charge is 0.253 e. The zero-order valence-electron chi connectivity index (χ0n) is 14.0. The third-order valence-corrected chi connectivity index (χ3v) is 4.50. The molecule has 132 valence electrons. The molecule has 0 spiro atoms. The van der Waals surface area contributed by atoms with Gasteiger partial charge in [-0.15, -0.1) is 10.2 Å². The average molecular weight is 352 g/mol. The lowest BCUT2D eigenvalue weighted by molar-refractivity contribution is 0.0747. The van der Waals surface area contributed by atoms with Gasteiger partial charge in [0.2, 0.25) is 12.3 Å². The largest absolute Gasteiger partial charge is 0.423 e. The number of anilines is 1. The van der Waals surface area contributed by atoms with Crippen molar-refractivity contribution in [1.29, 1.82) is 0 Å². The summed E-state index contributed by atoms with van der Waals surface area (Å²) in [6.45, 7) is 2.69. The minimum absolute atomic E-state index is 0.000773. The van der Waals surface area contributed by atoms with Crippen LogP contribution in [0.3, 0.4) is 0 Å². The number of amides is 1. The van der Waals surface area contributed by atoms with Gasteiger partial charge in [0.1, 0.15) is 5.82 Å². The SMILES string of the molecule is O=C(c1ccc(-c2nnco2)cc1)N1CCN(c2ccc(F)cc2)CC1. The maximum atomic E-state index is 13.0. The first-order valence-electron chi connectivity index (χ1n) is 8.37. The van der Waals surface area contributed by atoms with Crippen LogP contribution in [0.4, 0.5) is 10.1 Å². The van der Waals surface area contributed by atoms with Crippen LogP contribution in [0.5, 0.6) is 0 Å². The van der Waals surface area contributed by atoms with E-state index in [-0.39, 0.29) is 11.7 Å². The summed E-state index contributed by atoms with van der Waals surface area (Å²) in [7, 11) is 0. The second-order valence-electron chi connectivity index (χ2n) is 6.08. The highest BCUT2D eigenvalue weighted by atomic mass is 19.1. The molecule has 0 aliphatic carbocycles. The molecule has 3 aromatic rings. The molecule has 0 bridgehead atoms. The van der Waals surface area contributed by atoms with Gasteiger partial charge in [0.25, 0.3) is 5.91 Å². The summed E-state index contributed by atoms with van der Waals surface area (Å²) in [5.74, 6) is 0.185. The predicted octanol–water partition coefficient (Wildman–Crippen LogP) is 2.84. The Kier molecular flexibility index (Phi) is 4.35. The Balaban J connectivity index is 1.39. The van der Waals surface area contributed by atoms with Crippen molar-refractivity contribution >= 4 is 11.6 Å². The number of rotatable bonds is 3. The van der Waals surface area contributed by atoms with E-state index >= 15 is 0 Å².